The number of hydrogen-bond donors (Lipinski definition) is 2. The summed E-state index contributed by atoms with van der Waals surface area (Å²) in [6, 6.07) is 0. The van der Waals surface area contributed by atoms with Crippen LogP contribution in [0.4, 0.5) is 0 Å². The molecule has 2 fully saturated rings. The summed E-state index contributed by atoms with van der Waals surface area (Å²) in [7, 11) is 0. The highest BCUT2D eigenvalue weighted by Crippen LogP contribution is 2.73. The fraction of sp³-hybridized carbons (Fsp3) is 0.778. The smallest absolute Gasteiger partial charge is 0.330 e. The van der Waals surface area contributed by atoms with E-state index in [4.69, 9.17) is 14.2 Å². The number of allylic oxidation sites excluding steroid dienone is 1. The van der Waals surface area contributed by atoms with Gasteiger partial charge in [0.1, 0.15) is 18.3 Å². The summed E-state index contributed by atoms with van der Waals surface area (Å²) < 4.78 is 17.8. The lowest BCUT2D eigenvalue weighted by atomic mass is 9.42. The highest BCUT2D eigenvalue weighted by atomic mass is 16.6. The van der Waals surface area contributed by atoms with E-state index in [2.05, 4.69) is 34.6 Å². The van der Waals surface area contributed by atoms with Gasteiger partial charge in [0.15, 0.2) is 0 Å². The van der Waals surface area contributed by atoms with E-state index >= 15 is 0 Å². The number of carboxylic acids is 1. The number of esters is 3. The summed E-state index contributed by atoms with van der Waals surface area (Å²) >= 11 is 0. The van der Waals surface area contributed by atoms with Gasteiger partial charge in [0.05, 0.1) is 6.10 Å². The zero-order valence-corrected chi connectivity index (χ0v) is 28.8. The first kappa shape index (κ1) is 35.2. The van der Waals surface area contributed by atoms with Crippen molar-refractivity contribution in [3.63, 3.8) is 0 Å². The number of ether oxygens (including phenoxy) is 3. The van der Waals surface area contributed by atoms with Gasteiger partial charge in [0.25, 0.3) is 0 Å². The van der Waals surface area contributed by atoms with Crippen molar-refractivity contribution in [1.29, 1.82) is 0 Å². The molecule has 0 bridgehead atoms. The van der Waals surface area contributed by atoms with Crippen LogP contribution in [-0.2, 0) is 33.4 Å². The molecule has 0 spiro atoms. The van der Waals surface area contributed by atoms with Gasteiger partial charge in [0, 0.05) is 43.6 Å². The van der Waals surface area contributed by atoms with Crippen molar-refractivity contribution in [2.45, 2.75) is 139 Å². The second-order valence-corrected chi connectivity index (χ2v) is 15.6. The van der Waals surface area contributed by atoms with Crippen LogP contribution in [0.1, 0.15) is 114 Å². The average Bonchev–Trinajstić information content (AvgIpc) is 3.13. The monoisotopic (exact) mass is 630 g/mol. The van der Waals surface area contributed by atoms with E-state index in [-0.39, 0.29) is 58.6 Å². The van der Waals surface area contributed by atoms with Crippen LogP contribution in [0.2, 0.25) is 0 Å². The molecule has 2 N–H and O–H groups in total. The number of fused-ring (bicyclic) bond motifs is 4. The third-order valence-electron chi connectivity index (χ3n) is 13.0. The standard InChI is InChI=1S/C36H54O9/c1-19(32(41)42)11-12-26(43-21(3)37)20(2)25-17-29(40)36(10)31-24(13-16-35(25,36)9)34(8)15-14-30(45-23(5)39)33(6,7)28(34)18-27(31)44-22(4)38/h11,20,25-30,40H,12-18H2,1-10H3,(H,41,42)/b19-11+. The molecule has 4 aliphatic rings. The van der Waals surface area contributed by atoms with Crippen molar-refractivity contribution in [2.24, 2.45) is 39.4 Å². The maximum Gasteiger partial charge on any atom is 0.330 e. The van der Waals surface area contributed by atoms with Crippen LogP contribution in [0.15, 0.2) is 22.8 Å². The molecule has 9 heteroatoms. The molecule has 4 aliphatic carbocycles. The molecule has 0 saturated heterocycles. The second-order valence-electron chi connectivity index (χ2n) is 15.6. The molecule has 4 rings (SSSR count). The van der Waals surface area contributed by atoms with Crippen molar-refractivity contribution >= 4 is 23.9 Å². The van der Waals surface area contributed by atoms with Crippen LogP contribution in [0.5, 0.6) is 0 Å². The van der Waals surface area contributed by atoms with Gasteiger partial charge in [-0.15, -0.1) is 0 Å². The normalized spacial score (nSPS) is 38.6. The first-order valence-electron chi connectivity index (χ1n) is 16.6. The maximum atomic E-state index is 12.6. The molecular weight excluding hydrogens is 576 g/mol. The Morgan fingerprint density at radius 1 is 0.933 bits per heavy atom. The zero-order chi connectivity index (χ0) is 33.9. The van der Waals surface area contributed by atoms with Gasteiger partial charge < -0.3 is 24.4 Å². The molecule has 0 radical (unpaired) electrons. The van der Waals surface area contributed by atoms with Gasteiger partial charge >= 0.3 is 23.9 Å². The molecule has 9 nitrogen and oxygen atoms in total. The number of hydrogen-bond acceptors (Lipinski definition) is 8. The second kappa shape index (κ2) is 12.2. The lowest BCUT2D eigenvalue weighted by molar-refractivity contribution is -0.173. The van der Waals surface area contributed by atoms with Crippen LogP contribution in [0.25, 0.3) is 0 Å². The molecule has 2 saturated carbocycles. The molecule has 10 unspecified atom stereocenters. The summed E-state index contributed by atoms with van der Waals surface area (Å²) in [6.45, 7) is 18.8. The Labute approximate surface area is 268 Å². The van der Waals surface area contributed by atoms with E-state index < -0.39 is 41.1 Å². The van der Waals surface area contributed by atoms with Crippen molar-refractivity contribution in [3.8, 4) is 0 Å². The summed E-state index contributed by atoms with van der Waals surface area (Å²) in [6.07, 6.45) is 4.04. The van der Waals surface area contributed by atoms with E-state index in [1.54, 1.807) is 6.08 Å². The highest BCUT2D eigenvalue weighted by Gasteiger charge is 2.69. The van der Waals surface area contributed by atoms with Crippen LogP contribution in [-0.4, -0.2) is 58.5 Å². The minimum atomic E-state index is -1.02. The Hall–Kier alpha value is -2.68. The molecule has 0 heterocycles. The van der Waals surface area contributed by atoms with Gasteiger partial charge in [-0.2, -0.15) is 0 Å². The molecule has 0 aromatic heterocycles. The summed E-state index contributed by atoms with van der Waals surface area (Å²) in [5.41, 5.74) is 0.789. The molecule has 0 aromatic carbocycles. The third kappa shape index (κ3) is 5.76. The largest absolute Gasteiger partial charge is 0.478 e. The SMILES string of the molecule is CC(=O)OC1CC2C(C)(CCC(OC(C)=O)C2(C)C)C2=C1C1(C)C(O)CC(C(C)C(C/C=C(\C)C(=O)O)OC(C)=O)C1(C)CC2. The van der Waals surface area contributed by atoms with E-state index in [0.29, 0.717) is 12.8 Å². The number of rotatable bonds is 8. The minimum Gasteiger partial charge on any atom is -0.478 e. The summed E-state index contributed by atoms with van der Waals surface area (Å²) in [4.78, 5) is 48.3. The molecule has 252 valence electrons. The van der Waals surface area contributed by atoms with Crippen LogP contribution in [0, 0.1) is 39.4 Å². The van der Waals surface area contributed by atoms with Gasteiger partial charge in [-0.25, -0.2) is 4.79 Å². The van der Waals surface area contributed by atoms with E-state index in [1.807, 2.05) is 6.92 Å². The number of aliphatic hydroxyl groups excluding tert-OH is 1. The number of aliphatic hydroxyl groups is 1. The molecular formula is C36H54O9. The number of carbonyl (C=O) groups excluding carboxylic acids is 3. The lowest BCUT2D eigenvalue weighted by Crippen LogP contribution is -2.60. The van der Waals surface area contributed by atoms with Crippen LogP contribution in [0.3, 0.4) is 0 Å². The summed E-state index contributed by atoms with van der Waals surface area (Å²) in [5, 5.41) is 21.5. The van der Waals surface area contributed by atoms with Crippen LogP contribution < -0.4 is 0 Å². The fourth-order valence-electron chi connectivity index (χ4n) is 10.4. The molecule has 0 amide bonds. The Balaban J connectivity index is 1.81. The van der Waals surface area contributed by atoms with E-state index in [0.717, 1.165) is 31.3 Å². The maximum absolute atomic E-state index is 12.6. The fourth-order valence-corrected chi connectivity index (χ4v) is 10.4. The minimum absolute atomic E-state index is 0.0471. The van der Waals surface area contributed by atoms with Gasteiger partial charge in [-0.05, 0) is 79.6 Å². The summed E-state index contributed by atoms with van der Waals surface area (Å²) in [5.74, 6) is -2.24. The first-order valence-corrected chi connectivity index (χ1v) is 16.6. The Bertz CT molecular complexity index is 1290. The van der Waals surface area contributed by atoms with Crippen LogP contribution >= 0.6 is 0 Å². The molecule has 0 aliphatic heterocycles. The number of aliphatic carboxylic acids is 1. The van der Waals surface area contributed by atoms with Crippen molar-refractivity contribution in [3.05, 3.63) is 22.8 Å². The van der Waals surface area contributed by atoms with Crippen molar-refractivity contribution in [2.75, 3.05) is 0 Å². The van der Waals surface area contributed by atoms with E-state index in [9.17, 15) is 29.4 Å². The zero-order valence-electron chi connectivity index (χ0n) is 28.8. The van der Waals surface area contributed by atoms with Crippen molar-refractivity contribution in [1.82, 2.24) is 0 Å². The topological polar surface area (TPSA) is 136 Å². The lowest BCUT2D eigenvalue weighted by Gasteiger charge is -2.63. The Morgan fingerprint density at radius 3 is 2.11 bits per heavy atom. The molecule has 0 aromatic rings. The predicted octanol–water partition coefficient (Wildman–Crippen LogP) is 6.17. The first-order chi connectivity index (χ1) is 20.7. The third-order valence-corrected chi connectivity index (χ3v) is 13.0. The molecule has 45 heavy (non-hydrogen) atoms. The van der Waals surface area contributed by atoms with Gasteiger partial charge in [-0.1, -0.05) is 53.2 Å². The number of carbonyl (C=O) groups is 4. The molecule has 10 atom stereocenters. The van der Waals surface area contributed by atoms with Gasteiger partial charge in [-0.3, -0.25) is 14.4 Å². The van der Waals surface area contributed by atoms with Gasteiger partial charge in [0.2, 0.25) is 0 Å². The van der Waals surface area contributed by atoms with Crippen molar-refractivity contribution < 1.29 is 43.6 Å². The Morgan fingerprint density at radius 2 is 1.56 bits per heavy atom. The quantitative estimate of drug-likeness (QED) is 0.140. The highest BCUT2D eigenvalue weighted by molar-refractivity contribution is 5.85. The Kier molecular flexibility index (Phi) is 9.51. The predicted molar refractivity (Wildman–Crippen MR) is 168 cm³/mol. The van der Waals surface area contributed by atoms with E-state index in [1.165, 1.54) is 33.3 Å². The number of carboxylic acid groups (broad SMARTS) is 1. The average molecular weight is 631 g/mol.